The van der Waals surface area contributed by atoms with Crippen molar-refractivity contribution in [2.45, 2.75) is 36.7 Å². The highest BCUT2D eigenvalue weighted by molar-refractivity contribution is 7.89. The largest absolute Gasteiger partial charge is 0.443 e. The molecule has 5 rings (SSSR count). The molecule has 0 aliphatic carbocycles. The monoisotopic (exact) mass is 549 g/mol. The molecule has 1 fully saturated rings. The summed E-state index contributed by atoms with van der Waals surface area (Å²) < 4.78 is 84.7. The number of alkyl halides is 3. The fourth-order valence-electron chi connectivity index (χ4n) is 4.18. The lowest BCUT2D eigenvalue weighted by molar-refractivity contribution is -0.141. The number of aromatic nitrogens is 3. The molecular weight excluding hydrogens is 530 g/mol. The van der Waals surface area contributed by atoms with Crippen LogP contribution in [0.1, 0.15) is 24.2 Å². The van der Waals surface area contributed by atoms with Crippen LogP contribution in [0.3, 0.4) is 0 Å². The van der Waals surface area contributed by atoms with Gasteiger partial charge in [0.05, 0.1) is 17.9 Å². The van der Waals surface area contributed by atoms with Crippen molar-refractivity contribution in [3.05, 3.63) is 72.2 Å². The quantitative estimate of drug-likeness (QED) is 0.362. The minimum atomic E-state index is -4.57. The first kappa shape index (κ1) is 25.7. The fraction of sp³-hybridized carbons (Fsp3) is 0.250. The van der Waals surface area contributed by atoms with Gasteiger partial charge in [0.25, 0.3) is 10.0 Å². The summed E-state index contributed by atoms with van der Waals surface area (Å²) in [7, 11) is -4.18. The van der Waals surface area contributed by atoms with Crippen LogP contribution in [0, 0.1) is 5.82 Å². The van der Waals surface area contributed by atoms with Gasteiger partial charge in [-0.05, 0) is 49.2 Å². The standard InChI is InChI=1S/C24H19F4N5O4S/c25-16-4-5-20-15(8-16)9-22(37-20)38(35,36)33-7-1-2-19(33)23(34)30-12-17-10-18(32-13-31-17)14-3-6-21(29-11-14)24(26,27)28/h3-6,8-11,13,19H,1-2,7,12H2,(H,30,34)/t19-/m0/s1. The van der Waals surface area contributed by atoms with Gasteiger partial charge in [-0.2, -0.15) is 17.5 Å². The summed E-state index contributed by atoms with van der Waals surface area (Å²) in [6.45, 7) is 0.0289. The smallest absolute Gasteiger partial charge is 0.433 e. The van der Waals surface area contributed by atoms with Crippen LogP contribution in [0.2, 0.25) is 0 Å². The Bertz CT molecular complexity index is 1610. The van der Waals surface area contributed by atoms with Gasteiger partial charge in [-0.1, -0.05) is 0 Å². The van der Waals surface area contributed by atoms with E-state index in [0.29, 0.717) is 23.4 Å². The fourth-order valence-corrected chi connectivity index (χ4v) is 5.79. The molecule has 14 heteroatoms. The molecule has 3 aromatic heterocycles. The topological polar surface area (TPSA) is 118 Å². The van der Waals surface area contributed by atoms with Crippen molar-refractivity contribution in [3.8, 4) is 11.3 Å². The molecule has 0 unspecified atom stereocenters. The highest BCUT2D eigenvalue weighted by atomic mass is 32.2. The number of halogens is 4. The Morgan fingerprint density at radius 2 is 1.92 bits per heavy atom. The predicted molar refractivity (Wildman–Crippen MR) is 125 cm³/mol. The maximum Gasteiger partial charge on any atom is 0.433 e. The molecule has 198 valence electrons. The second-order valence-corrected chi connectivity index (χ2v) is 10.4. The molecule has 1 atom stereocenters. The van der Waals surface area contributed by atoms with E-state index in [1.165, 1.54) is 30.6 Å². The van der Waals surface area contributed by atoms with E-state index in [2.05, 4.69) is 20.3 Å². The van der Waals surface area contributed by atoms with E-state index in [-0.39, 0.29) is 35.6 Å². The van der Waals surface area contributed by atoms with Gasteiger partial charge in [0.15, 0.2) is 0 Å². The zero-order valence-corrected chi connectivity index (χ0v) is 20.3. The summed E-state index contributed by atoms with van der Waals surface area (Å²) in [6.07, 6.45) is -1.59. The van der Waals surface area contributed by atoms with Gasteiger partial charge in [-0.3, -0.25) is 9.78 Å². The third kappa shape index (κ3) is 5.09. The SMILES string of the molecule is O=C(NCc1cc(-c2ccc(C(F)(F)F)nc2)ncn1)[C@@H]1CCCN1S(=O)(=O)c1cc2cc(F)ccc2o1. The van der Waals surface area contributed by atoms with E-state index < -0.39 is 39.7 Å². The number of amides is 1. The first-order valence-corrected chi connectivity index (χ1v) is 12.8. The van der Waals surface area contributed by atoms with Crippen LogP contribution in [0.25, 0.3) is 22.2 Å². The molecule has 0 saturated carbocycles. The minimum absolute atomic E-state index is 0.0727. The number of sulfonamides is 1. The van der Waals surface area contributed by atoms with Crippen molar-refractivity contribution < 1.29 is 35.2 Å². The summed E-state index contributed by atoms with van der Waals surface area (Å²) >= 11 is 0. The van der Waals surface area contributed by atoms with Gasteiger partial charge >= 0.3 is 6.18 Å². The zero-order valence-electron chi connectivity index (χ0n) is 19.4. The van der Waals surface area contributed by atoms with E-state index >= 15 is 0 Å². The van der Waals surface area contributed by atoms with Crippen LogP contribution in [-0.2, 0) is 27.5 Å². The van der Waals surface area contributed by atoms with Crippen LogP contribution < -0.4 is 5.32 Å². The Morgan fingerprint density at radius 1 is 1.11 bits per heavy atom. The van der Waals surface area contributed by atoms with E-state index in [1.807, 2.05) is 0 Å². The number of benzene rings is 1. The molecule has 1 N–H and O–H groups in total. The number of fused-ring (bicyclic) bond motifs is 1. The Hall–Kier alpha value is -3.91. The van der Waals surface area contributed by atoms with Crippen LogP contribution in [-0.4, -0.2) is 46.2 Å². The first-order chi connectivity index (χ1) is 18.0. The molecule has 0 radical (unpaired) electrons. The lowest BCUT2D eigenvalue weighted by atomic mass is 10.1. The number of nitrogens with one attached hydrogen (secondary N) is 1. The van der Waals surface area contributed by atoms with Gasteiger partial charge in [0.2, 0.25) is 11.0 Å². The molecule has 1 aliphatic heterocycles. The molecular formula is C24H19F4N5O4S. The van der Waals surface area contributed by atoms with Crippen LogP contribution >= 0.6 is 0 Å². The van der Waals surface area contributed by atoms with E-state index in [4.69, 9.17) is 4.42 Å². The summed E-state index contributed by atoms with van der Waals surface area (Å²) in [4.78, 5) is 24.5. The Kier molecular flexibility index (Phi) is 6.61. The third-order valence-electron chi connectivity index (χ3n) is 6.04. The number of furan rings is 1. The number of rotatable bonds is 6. The van der Waals surface area contributed by atoms with Crippen molar-refractivity contribution >= 4 is 26.9 Å². The van der Waals surface area contributed by atoms with E-state index in [0.717, 1.165) is 28.7 Å². The Morgan fingerprint density at radius 3 is 2.66 bits per heavy atom. The van der Waals surface area contributed by atoms with Gasteiger partial charge in [-0.25, -0.2) is 22.8 Å². The summed E-state index contributed by atoms with van der Waals surface area (Å²) in [5.74, 6) is -1.09. The minimum Gasteiger partial charge on any atom is -0.443 e. The molecule has 4 aromatic rings. The maximum absolute atomic E-state index is 13.5. The van der Waals surface area contributed by atoms with Gasteiger partial charge < -0.3 is 9.73 Å². The third-order valence-corrected chi connectivity index (χ3v) is 7.81. The van der Waals surface area contributed by atoms with Gasteiger partial charge in [-0.15, -0.1) is 0 Å². The average Bonchev–Trinajstić information content (AvgIpc) is 3.55. The van der Waals surface area contributed by atoms with Crippen molar-refractivity contribution in [1.29, 1.82) is 0 Å². The molecule has 1 aromatic carbocycles. The predicted octanol–water partition coefficient (Wildman–Crippen LogP) is 3.91. The van der Waals surface area contributed by atoms with Gasteiger partial charge in [0.1, 0.15) is 29.5 Å². The Labute approximate surface area is 213 Å². The number of hydrogen-bond donors (Lipinski definition) is 1. The molecule has 1 saturated heterocycles. The lowest BCUT2D eigenvalue weighted by Gasteiger charge is -2.22. The molecule has 4 heterocycles. The number of nitrogens with zero attached hydrogens (tertiary/aromatic N) is 4. The van der Waals surface area contributed by atoms with Crippen molar-refractivity contribution in [2.24, 2.45) is 0 Å². The Balaban J connectivity index is 1.28. The molecule has 0 spiro atoms. The van der Waals surface area contributed by atoms with Crippen LogP contribution in [0.4, 0.5) is 17.6 Å². The number of carbonyl (C=O) groups is 1. The van der Waals surface area contributed by atoms with E-state index in [1.54, 1.807) is 0 Å². The molecule has 0 bridgehead atoms. The van der Waals surface area contributed by atoms with Crippen LogP contribution in [0.5, 0.6) is 0 Å². The summed E-state index contributed by atoms with van der Waals surface area (Å²) in [6, 6.07) is 7.42. The van der Waals surface area contributed by atoms with Crippen molar-refractivity contribution in [3.63, 3.8) is 0 Å². The normalized spacial score (nSPS) is 16.7. The van der Waals surface area contributed by atoms with Crippen LogP contribution in [0.15, 0.2) is 64.5 Å². The number of carbonyl (C=O) groups excluding carboxylic acids is 1. The molecule has 9 nitrogen and oxygen atoms in total. The zero-order chi connectivity index (χ0) is 27.1. The van der Waals surface area contributed by atoms with Crippen molar-refractivity contribution in [2.75, 3.05) is 6.54 Å². The average molecular weight is 550 g/mol. The second kappa shape index (κ2) is 9.76. The highest BCUT2D eigenvalue weighted by Gasteiger charge is 2.41. The maximum atomic E-state index is 13.5. The first-order valence-electron chi connectivity index (χ1n) is 11.4. The lowest BCUT2D eigenvalue weighted by Crippen LogP contribution is -2.45. The molecule has 38 heavy (non-hydrogen) atoms. The second-order valence-electron chi connectivity index (χ2n) is 8.56. The molecule has 1 aliphatic rings. The number of pyridine rings is 1. The van der Waals surface area contributed by atoms with E-state index in [9.17, 15) is 30.8 Å². The summed E-state index contributed by atoms with van der Waals surface area (Å²) in [5, 5.41) is 2.55. The number of hydrogen-bond acceptors (Lipinski definition) is 7. The molecule has 1 amide bonds. The highest BCUT2D eigenvalue weighted by Crippen LogP contribution is 2.31. The van der Waals surface area contributed by atoms with Crippen molar-refractivity contribution in [1.82, 2.24) is 24.6 Å². The van der Waals surface area contributed by atoms with Gasteiger partial charge in [0, 0.05) is 29.8 Å². The summed E-state index contributed by atoms with van der Waals surface area (Å²) in [5.41, 5.74) is 0.153.